The van der Waals surface area contributed by atoms with Gasteiger partial charge in [-0.05, 0) is 152 Å². The normalized spacial score (nSPS) is 19.8. The van der Waals surface area contributed by atoms with E-state index in [2.05, 4.69) is 48.5 Å². The van der Waals surface area contributed by atoms with Gasteiger partial charge < -0.3 is 33.4 Å². The summed E-state index contributed by atoms with van der Waals surface area (Å²) in [5, 5.41) is 30.7. The van der Waals surface area contributed by atoms with Gasteiger partial charge in [0.25, 0.3) is 0 Å². The second-order valence-corrected chi connectivity index (χ2v) is 32.6. The molecule has 102 heavy (non-hydrogen) atoms. The summed E-state index contributed by atoms with van der Waals surface area (Å²) < 4.78 is 122. The van der Waals surface area contributed by atoms with Crippen molar-refractivity contribution in [2.45, 2.75) is 237 Å². The Morgan fingerprint density at radius 2 is 0.873 bits per heavy atom. The van der Waals surface area contributed by atoms with Crippen LogP contribution in [0.3, 0.4) is 0 Å². The Morgan fingerprint density at radius 1 is 0.520 bits per heavy atom. The Morgan fingerprint density at radius 3 is 1.21 bits per heavy atom. The van der Waals surface area contributed by atoms with E-state index < -0.39 is 55.1 Å². The van der Waals surface area contributed by atoms with Gasteiger partial charge in [-0.1, -0.05) is 76.3 Å². The zero-order chi connectivity index (χ0) is 73.4. The Bertz CT molecular complexity index is 3810. The van der Waals surface area contributed by atoms with E-state index in [-0.39, 0.29) is 161 Å². The van der Waals surface area contributed by atoms with Gasteiger partial charge in [0.2, 0.25) is 0 Å². The molecule has 19 nitrogen and oxygen atoms in total. The minimum atomic E-state index is -4.70. The van der Waals surface area contributed by atoms with Crippen LogP contribution in [-0.2, 0) is 95.7 Å². The van der Waals surface area contributed by atoms with Crippen molar-refractivity contribution in [1.29, 1.82) is 0 Å². The van der Waals surface area contributed by atoms with Gasteiger partial charge in [-0.3, -0.25) is 29.0 Å². The standard InChI is InChI=1S/C37H46F2N2O7S2.C37H47FN2O8S2.2K/c1-36(2)26(22-32-30(36)24-28(50(45,46)47)25-40(32)20-12-6-10-16-34(38)42)14-8-5-9-15-33-37(3,4)29-23-27(49-48-44)18-19-31(29)41(33)21-13-7-11-17-35(39)43;1-36(2)26(22-32-30(36)24-28(50(45,46)47)25-39(32)20-12-6-10-16-34(38)41)14-8-5-9-15-33-37(3,4)29-23-27(49-48-44)18-19-31(29)40(33)21-13-7-11-17-35(42)43;;/h5,8-9,14-15,18-19,23-25,33H,6-7,10-13,16-17,20-22H2,1-4H3,(H-,44,45,46,47);5,8-9,14-15,18-19,23-25,33H,6-7,10-13,16-17,20-22H2,1-4H3,(H2-,42,43,44,45,46,47);;/q;;2*+1/b2*8-5+,15-9+,26-14-;;. The minimum absolute atomic E-state index is 0. The van der Waals surface area contributed by atoms with Gasteiger partial charge in [0.05, 0.1) is 36.8 Å². The molecule has 0 amide bonds. The monoisotopic (exact) mass is 1540 g/mol. The molecular weight excluding hydrogens is 1450 g/mol. The van der Waals surface area contributed by atoms with Crippen LogP contribution in [0.2, 0.25) is 0 Å². The van der Waals surface area contributed by atoms with Crippen molar-refractivity contribution in [3.05, 3.63) is 166 Å². The predicted octanol–water partition coefficient (Wildman–Crippen LogP) is 3.67. The van der Waals surface area contributed by atoms with Crippen LogP contribution >= 0.6 is 24.1 Å². The number of aliphatic carboxylic acids is 1. The van der Waals surface area contributed by atoms with Gasteiger partial charge in [-0.25, -0.2) is 26.0 Å². The van der Waals surface area contributed by atoms with Crippen molar-refractivity contribution in [1.82, 2.24) is 0 Å². The number of unbranched alkanes of at least 4 members (excludes halogenated alkanes) is 8. The number of hydrogen-bond acceptors (Lipinski definition) is 16. The number of fused-ring (bicyclic) bond motifs is 4. The van der Waals surface area contributed by atoms with E-state index in [1.807, 2.05) is 122 Å². The third kappa shape index (κ3) is 24.0. The second kappa shape index (κ2) is 40.4. The SMILES string of the molecule is CC1(C)\C(=C/C=C/C=C/C2[NH+](CCCCCC(=O)F)c3ccc(SO[O-])cc3C2(C)C)Cc2c1cc(S(=O)(=O)[O-])c[n+]2CCCCCC(=O)F.CC1(C)\C(=C/C=C/C=C/C2[NH+](CCCCCC(=O)O)c3ccc(SO[O-])cc3C2(C)C)Cc2c1cc(S(=O)(=O)[O-])c[n+]2CCCCCC(=O)F.[K+].[K+]. The first-order chi connectivity index (χ1) is 47.1. The van der Waals surface area contributed by atoms with Crippen molar-refractivity contribution in [2.24, 2.45) is 0 Å². The first-order valence-corrected chi connectivity index (χ1v) is 38.3. The maximum atomic E-state index is 12.7. The summed E-state index contributed by atoms with van der Waals surface area (Å²) in [6.45, 7) is 19.2. The number of carbonyl (C=O) groups is 4. The first-order valence-electron chi connectivity index (χ1n) is 34.0. The molecule has 4 aliphatic rings. The maximum Gasteiger partial charge on any atom is 1.00 e. The Balaban J connectivity index is 0.000000360. The van der Waals surface area contributed by atoms with Crippen LogP contribution in [0.1, 0.15) is 192 Å². The van der Waals surface area contributed by atoms with Gasteiger partial charge in [0.15, 0.2) is 23.8 Å². The fraction of sp³-hybridized carbons (Fsp3) is 0.486. The van der Waals surface area contributed by atoms with E-state index in [4.69, 9.17) is 5.11 Å². The van der Waals surface area contributed by atoms with Crippen molar-refractivity contribution >= 4 is 79.8 Å². The number of aromatic nitrogens is 2. The number of aryl methyl sites for hydroxylation is 2. The molecule has 544 valence electrons. The number of carbonyl (C=O) groups excluding carboxylic acids is 3. The zero-order valence-corrected chi connectivity index (χ0v) is 69.6. The maximum absolute atomic E-state index is 12.7. The van der Waals surface area contributed by atoms with Crippen LogP contribution in [0.5, 0.6) is 0 Å². The van der Waals surface area contributed by atoms with Crippen molar-refractivity contribution in [3.63, 3.8) is 0 Å². The fourth-order valence-corrected chi connectivity index (χ4v) is 16.4. The van der Waals surface area contributed by atoms with Gasteiger partial charge in [0, 0.05) is 118 Å². The van der Waals surface area contributed by atoms with E-state index in [1.54, 1.807) is 0 Å². The number of hydrogen-bond donors (Lipinski definition) is 3. The molecule has 0 saturated heterocycles. The Hall–Kier alpha value is -3.00. The Kier molecular flexibility index (Phi) is 35.5. The second-order valence-electron chi connectivity index (χ2n) is 28.3. The van der Waals surface area contributed by atoms with Crippen molar-refractivity contribution in [2.75, 3.05) is 13.1 Å². The van der Waals surface area contributed by atoms with Gasteiger partial charge in [-0.2, -0.15) is 13.2 Å². The number of halogens is 3. The number of carboxylic acids is 1. The molecule has 2 aliphatic heterocycles. The number of nitrogens with one attached hydrogen (secondary N) is 2. The minimum Gasteiger partial charge on any atom is -0.744 e. The number of carboxylic acid groups (broad SMARTS) is 1. The summed E-state index contributed by atoms with van der Waals surface area (Å²) in [7, 11) is -9.40. The van der Waals surface area contributed by atoms with Gasteiger partial charge in [-0.15, -0.1) is 0 Å². The molecule has 2 aliphatic carbocycles. The quantitative estimate of drug-likeness (QED) is 0.00674. The summed E-state index contributed by atoms with van der Waals surface area (Å²) in [5.74, 6) is -0.788. The molecule has 8 rings (SSSR count). The number of quaternary nitrogens is 2. The molecule has 4 unspecified atom stereocenters. The molecule has 4 aromatic rings. The van der Waals surface area contributed by atoms with E-state index in [1.165, 1.54) is 34.3 Å². The average Bonchev–Trinajstić information content (AvgIpc) is 1.61. The summed E-state index contributed by atoms with van der Waals surface area (Å²) >= 11 is 1.56. The van der Waals surface area contributed by atoms with Crippen molar-refractivity contribution < 1.29 is 204 Å². The number of pyridine rings is 2. The number of benzene rings is 2. The van der Waals surface area contributed by atoms with Crippen LogP contribution in [0.15, 0.2) is 152 Å². The van der Waals surface area contributed by atoms with Crippen LogP contribution in [0.4, 0.5) is 24.5 Å². The zero-order valence-electron chi connectivity index (χ0n) is 60.1. The molecule has 3 N–H and O–H groups in total. The van der Waals surface area contributed by atoms with Crippen LogP contribution in [0.25, 0.3) is 0 Å². The van der Waals surface area contributed by atoms with Crippen LogP contribution in [0, 0.1) is 0 Å². The van der Waals surface area contributed by atoms with E-state index in [9.17, 15) is 68.8 Å². The topological polar surface area (TPSA) is 284 Å². The summed E-state index contributed by atoms with van der Waals surface area (Å²) in [6.07, 6.45) is 31.5. The fourth-order valence-electron chi connectivity index (χ4n) is 14.6. The predicted molar refractivity (Wildman–Crippen MR) is 367 cm³/mol. The molecule has 28 heteroatoms. The summed E-state index contributed by atoms with van der Waals surface area (Å²) in [5.41, 5.74) is 8.38. The van der Waals surface area contributed by atoms with Gasteiger partial charge in [0.1, 0.15) is 66.6 Å². The van der Waals surface area contributed by atoms with Crippen LogP contribution < -0.4 is 132 Å². The number of rotatable bonds is 36. The molecule has 0 saturated carbocycles. The first kappa shape index (κ1) is 89.6. The summed E-state index contributed by atoms with van der Waals surface area (Å²) in [4.78, 5) is 46.5. The number of nitrogens with zero attached hydrogens (tertiary/aromatic N) is 2. The van der Waals surface area contributed by atoms with E-state index >= 15 is 0 Å². The third-order valence-corrected chi connectivity index (χ3v) is 22.8. The molecule has 4 heterocycles. The van der Waals surface area contributed by atoms with Crippen LogP contribution in [-0.4, -0.2) is 80.3 Å². The Labute approximate surface area is 692 Å². The summed E-state index contributed by atoms with van der Waals surface area (Å²) in [6, 6.07) is 10.9. The average molecular weight is 1540 g/mol. The molecular formula is C74H93F3K2N4O15S4+2. The van der Waals surface area contributed by atoms with Gasteiger partial charge >= 0.3 is 127 Å². The van der Waals surface area contributed by atoms with Crippen molar-refractivity contribution in [3.8, 4) is 0 Å². The third-order valence-electron chi connectivity index (χ3n) is 20.2. The molecule has 4 atom stereocenters. The molecule has 0 radical (unpaired) electrons. The molecule has 0 spiro atoms. The number of allylic oxidation sites excluding steroid dienone is 10. The van der Waals surface area contributed by atoms with E-state index in [0.717, 1.165) is 129 Å². The molecule has 2 aromatic carbocycles. The van der Waals surface area contributed by atoms with E-state index in [0.29, 0.717) is 77.3 Å². The largest absolute Gasteiger partial charge is 1.00 e. The molecule has 0 bridgehead atoms. The molecule has 0 fully saturated rings. The smallest absolute Gasteiger partial charge is 0.744 e. The molecule has 2 aromatic heterocycles.